The number of aromatic nitrogens is 1. The molecule has 1 amide bonds. The number of fused-ring (bicyclic) bond motifs is 1. The highest BCUT2D eigenvalue weighted by molar-refractivity contribution is 6.31. The first-order chi connectivity index (χ1) is 18.5. The Balaban J connectivity index is 1.20. The zero-order valence-corrected chi connectivity index (χ0v) is 22.1. The largest absolute Gasteiger partial charge is 0.433 e. The lowest BCUT2D eigenvalue weighted by Crippen LogP contribution is -2.46. The van der Waals surface area contributed by atoms with Crippen LogP contribution in [0.15, 0.2) is 47.4 Å². The monoisotopic (exact) mass is 563 g/mol. The van der Waals surface area contributed by atoms with Crippen LogP contribution in [-0.2, 0) is 0 Å². The smallest absolute Gasteiger partial charge is 0.394 e. The SMILES string of the molecule is CC(F)(F)Oc1ccc([C@H](O)CN2CCC(NC(=O)c3cn(C4CC4)c4cc(Cl)c(F)cc4c3=O)CC2)cc1. The van der Waals surface area contributed by atoms with Gasteiger partial charge < -0.3 is 24.6 Å². The molecule has 1 aromatic heterocycles. The third kappa shape index (κ3) is 6.40. The summed E-state index contributed by atoms with van der Waals surface area (Å²) in [5, 5.41) is 13.6. The number of hydrogen-bond donors (Lipinski definition) is 2. The molecular weight excluding hydrogens is 535 g/mol. The molecule has 3 aromatic rings. The number of likely N-dealkylation sites (tertiary alicyclic amines) is 1. The summed E-state index contributed by atoms with van der Waals surface area (Å²) in [6.45, 7) is 2.22. The van der Waals surface area contributed by atoms with E-state index < -0.39 is 29.4 Å². The van der Waals surface area contributed by atoms with E-state index >= 15 is 0 Å². The number of β-amino-alcohol motifs (C(OH)–C–C–N with tert-alkyl or cyclic N) is 1. The van der Waals surface area contributed by atoms with E-state index in [0.29, 0.717) is 50.5 Å². The number of hydrogen-bond acceptors (Lipinski definition) is 5. The Hall–Kier alpha value is -3.08. The van der Waals surface area contributed by atoms with Gasteiger partial charge in [0.05, 0.1) is 16.6 Å². The maximum Gasteiger partial charge on any atom is 0.394 e. The van der Waals surface area contributed by atoms with Gasteiger partial charge in [-0.15, -0.1) is 0 Å². The van der Waals surface area contributed by atoms with Gasteiger partial charge >= 0.3 is 6.11 Å². The second-order valence-corrected chi connectivity index (χ2v) is 10.7. The Bertz CT molecular complexity index is 1430. The first-order valence-electron chi connectivity index (χ1n) is 12.9. The van der Waals surface area contributed by atoms with Crippen molar-refractivity contribution in [3.63, 3.8) is 0 Å². The zero-order valence-electron chi connectivity index (χ0n) is 21.3. The Morgan fingerprint density at radius 1 is 1.18 bits per heavy atom. The van der Waals surface area contributed by atoms with Crippen molar-refractivity contribution in [1.29, 1.82) is 0 Å². The van der Waals surface area contributed by atoms with Gasteiger partial charge in [-0.05, 0) is 55.5 Å². The number of carbonyl (C=O) groups is 1. The number of benzene rings is 2. The van der Waals surface area contributed by atoms with E-state index in [0.717, 1.165) is 18.9 Å². The van der Waals surface area contributed by atoms with Crippen molar-refractivity contribution < 1.29 is 27.8 Å². The van der Waals surface area contributed by atoms with E-state index in [1.54, 1.807) is 18.3 Å². The molecule has 1 atom stereocenters. The van der Waals surface area contributed by atoms with Crippen molar-refractivity contribution >= 4 is 28.4 Å². The molecule has 0 bridgehead atoms. The summed E-state index contributed by atoms with van der Waals surface area (Å²) >= 11 is 5.95. The zero-order chi connectivity index (χ0) is 27.9. The standard InChI is InChI=1S/C28H29ClF3N3O4/c1-28(31,32)39-19-6-2-16(3-7-19)25(36)15-34-10-8-17(9-11-34)33-27(38)21-14-35(18-4-5-18)24-13-22(29)23(30)12-20(24)26(21)37/h2-3,6-7,12-14,17-18,25,36H,4-5,8-11,15H2,1H3,(H,33,38)/t25-/m1/s1. The number of pyridine rings is 1. The van der Waals surface area contributed by atoms with Crippen LogP contribution in [-0.4, -0.2) is 52.3 Å². The number of piperidine rings is 1. The molecule has 1 saturated heterocycles. The van der Waals surface area contributed by atoms with Gasteiger partial charge in [-0.2, -0.15) is 8.78 Å². The Kier molecular flexibility index (Phi) is 7.63. The van der Waals surface area contributed by atoms with E-state index in [4.69, 9.17) is 11.6 Å². The van der Waals surface area contributed by atoms with Crippen LogP contribution in [0.3, 0.4) is 0 Å². The quantitative estimate of drug-likeness (QED) is 0.401. The van der Waals surface area contributed by atoms with Gasteiger partial charge in [-0.25, -0.2) is 4.39 Å². The van der Waals surface area contributed by atoms with E-state index in [1.807, 2.05) is 4.57 Å². The second-order valence-electron chi connectivity index (χ2n) is 10.3. The van der Waals surface area contributed by atoms with Gasteiger partial charge in [0.1, 0.15) is 17.1 Å². The minimum absolute atomic E-state index is 0.0132. The summed E-state index contributed by atoms with van der Waals surface area (Å²) in [4.78, 5) is 28.3. The molecule has 208 valence electrons. The van der Waals surface area contributed by atoms with Gasteiger partial charge in [-0.3, -0.25) is 9.59 Å². The van der Waals surface area contributed by atoms with Gasteiger partial charge in [0.15, 0.2) is 0 Å². The van der Waals surface area contributed by atoms with Crippen LogP contribution in [0.4, 0.5) is 13.2 Å². The molecule has 11 heteroatoms. The molecule has 7 nitrogen and oxygen atoms in total. The number of nitrogens with zero attached hydrogens (tertiary/aromatic N) is 2. The molecular formula is C28H29ClF3N3O4. The number of carbonyl (C=O) groups excluding carboxylic acids is 1. The van der Waals surface area contributed by atoms with Crippen LogP contribution in [0.2, 0.25) is 5.02 Å². The first-order valence-corrected chi connectivity index (χ1v) is 13.3. The highest BCUT2D eigenvalue weighted by atomic mass is 35.5. The maximum atomic E-state index is 14.2. The summed E-state index contributed by atoms with van der Waals surface area (Å²) in [6, 6.07) is 8.40. The predicted molar refractivity (Wildman–Crippen MR) is 141 cm³/mol. The number of aliphatic hydroxyl groups is 1. The third-order valence-corrected chi connectivity index (χ3v) is 7.46. The number of amides is 1. The van der Waals surface area contributed by atoms with E-state index in [9.17, 15) is 27.9 Å². The summed E-state index contributed by atoms with van der Waals surface area (Å²) < 4.78 is 46.5. The number of nitrogens with one attached hydrogen (secondary N) is 1. The fourth-order valence-corrected chi connectivity index (χ4v) is 5.16. The molecule has 5 rings (SSSR count). The van der Waals surface area contributed by atoms with Crippen molar-refractivity contribution in [2.45, 2.75) is 56.9 Å². The number of halogens is 4. The minimum Gasteiger partial charge on any atom is -0.433 e. The first kappa shape index (κ1) is 27.5. The van der Waals surface area contributed by atoms with Crippen molar-refractivity contribution in [2.75, 3.05) is 19.6 Å². The maximum absolute atomic E-state index is 14.2. The Morgan fingerprint density at radius 3 is 2.46 bits per heavy atom. The van der Waals surface area contributed by atoms with E-state index in [1.165, 1.54) is 18.2 Å². The predicted octanol–water partition coefficient (Wildman–Crippen LogP) is 5.05. The van der Waals surface area contributed by atoms with Crippen LogP contribution in [0.5, 0.6) is 5.75 Å². The normalized spacial score (nSPS) is 17.8. The summed E-state index contributed by atoms with van der Waals surface area (Å²) in [5.74, 6) is -1.19. The third-order valence-electron chi connectivity index (χ3n) is 7.17. The fourth-order valence-electron chi connectivity index (χ4n) is 5.00. The van der Waals surface area contributed by atoms with Crippen molar-refractivity contribution in [3.05, 3.63) is 74.8 Å². The molecule has 2 aliphatic rings. The average molecular weight is 564 g/mol. The number of aliphatic hydroxyl groups excluding tert-OH is 1. The highest BCUT2D eigenvalue weighted by Crippen LogP contribution is 2.37. The second kappa shape index (κ2) is 10.8. The minimum atomic E-state index is -3.28. The van der Waals surface area contributed by atoms with E-state index in [2.05, 4.69) is 15.0 Å². The van der Waals surface area contributed by atoms with E-state index in [-0.39, 0.29) is 33.8 Å². The lowest BCUT2D eigenvalue weighted by Gasteiger charge is -2.33. The van der Waals surface area contributed by atoms with Gasteiger partial charge in [0, 0.05) is 50.2 Å². The highest BCUT2D eigenvalue weighted by Gasteiger charge is 2.29. The van der Waals surface area contributed by atoms with Crippen LogP contribution in [0, 0.1) is 5.82 Å². The van der Waals surface area contributed by atoms with Crippen LogP contribution in [0.25, 0.3) is 10.9 Å². The van der Waals surface area contributed by atoms with Gasteiger partial charge in [0.2, 0.25) is 5.43 Å². The Morgan fingerprint density at radius 2 is 1.85 bits per heavy atom. The van der Waals surface area contributed by atoms with Crippen molar-refractivity contribution in [3.8, 4) is 5.75 Å². The molecule has 39 heavy (non-hydrogen) atoms. The molecule has 1 saturated carbocycles. The lowest BCUT2D eigenvalue weighted by atomic mass is 10.0. The molecule has 2 fully saturated rings. The molecule has 1 aliphatic heterocycles. The van der Waals surface area contributed by atoms with Crippen LogP contribution >= 0.6 is 11.6 Å². The molecule has 2 aromatic carbocycles. The fraction of sp³-hybridized carbons (Fsp3) is 0.429. The van der Waals surface area contributed by atoms with Crippen LogP contribution < -0.4 is 15.5 Å². The topological polar surface area (TPSA) is 83.8 Å². The summed E-state index contributed by atoms with van der Waals surface area (Å²) in [5.41, 5.74) is 0.540. The molecule has 0 unspecified atom stereocenters. The number of rotatable bonds is 8. The van der Waals surface area contributed by atoms with Crippen LogP contribution in [0.1, 0.15) is 60.7 Å². The summed E-state index contributed by atoms with van der Waals surface area (Å²) in [7, 11) is 0. The van der Waals surface area contributed by atoms with Gasteiger partial charge in [0.25, 0.3) is 5.91 Å². The molecule has 0 spiro atoms. The van der Waals surface area contributed by atoms with Crippen molar-refractivity contribution in [1.82, 2.24) is 14.8 Å². The lowest BCUT2D eigenvalue weighted by molar-refractivity contribution is -0.158. The van der Waals surface area contributed by atoms with Gasteiger partial charge in [-0.1, -0.05) is 23.7 Å². The molecule has 0 radical (unpaired) electrons. The molecule has 2 N–H and O–H groups in total. The van der Waals surface area contributed by atoms with Crippen molar-refractivity contribution in [2.24, 2.45) is 0 Å². The number of ether oxygens (including phenoxy) is 1. The Labute approximate surface area is 228 Å². The molecule has 1 aliphatic carbocycles. The molecule has 2 heterocycles. The average Bonchev–Trinajstić information content (AvgIpc) is 3.71. The summed E-state index contributed by atoms with van der Waals surface area (Å²) in [6.07, 6.45) is 0.496. The number of alkyl halides is 2.